The van der Waals surface area contributed by atoms with Crippen LogP contribution in [-0.2, 0) is 20.7 Å². The molecule has 2 aromatic rings. The van der Waals surface area contributed by atoms with Crippen molar-refractivity contribution in [2.45, 2.75) is 44.4 Å². The van der Waals surface area contributed by atoms with E-state index in [1.807, 2.05) is 12.3 Å². The van der Waals surface area contributed by atoms with Crippen LogP contribution < -0.4 is 0 Å². The molecule has 1 amide bonds. The Labute approximate surface area is 191 Å². The van der Waals surface area contributed by atoms with Gasteiger partial charge in [-0.15, -0.1) is 5.10 Å². The molecular formula is C23H27N7O3. The van der Waals surface area contributed by atoms with Crippen molar-refractivity contribution >= 4 is 11.9 Å². The van der Waals surface area contributed by atoms with Gasteiger partial charge in [0.1, 0.15) is 12.9 Å². The largest absolute Gasteiger partial charge is 0.456 e. The normalized spacial score (nSPS) is 24.1. The maximum Gasteiger partial charge on any atom is 0.333 e. The fourth-order valence-corrected chi connectivity index (χ4v) is 5.87. The highest BCUT2D eigenvalue weighted by molar-refractivity contribution is 5.85. The summed E-state index contributed by atoms with van der Waals surface area (Å²) in [7, 11) is 0. The first-order chi connectivity index (χ1) is 16.1. The molecule has 3 aliphatic heterocycles. The molecule has 0 N–H and O–H groups in total. The lowest BCUT2D eigenvalue weighted by Crippen LogP contribution is -2.48. The number of tetrazole rings is 1. The smallest absolute Gasteiger partial charge is 0.333 e. The number of aromatic nitrogens is 5. The highest BCUT2D eigenvalue weighted by atomic mass is 16.5. The number of carbonyl (C=O) groups excluding carboxylic acids is 2. The molecule has 1 unspecified atom stereocenters. The van der Waals surface area contributed by atoms with Gasteiger partial charge in [0.05, 0.1) is 11.6 Å². The van der Waals surface area contributed by atoms with Gasteiger partial charge in [0, 0.05) is 38.5 Å². The zero-order chi connectivity index (χ0) is 22.4. The number of piperidine rings is 2. The van der Waals surface area contributed by atoms with E-state index >= 15 is 0 Å². The first-order valence-corrected chi connectivity index (χ1v) is 11.7. The molecule has 1 spiro atoms. The van der Waals surface area contributed by atoms with Crippen LogP contribution in [0.25, 0.3) is 5.82 Å². The molecule has 2 aromatic heterocycles. The number of hydrogen-bond donors (Lipinski definition) is 0. The number of nitrogens with zero attached hydrogens (tertiary/aromatic N) is 7. The summed E-state index contributed by atoms with van der Waals surface area (Å²) >= 11 is 0. The Bertz CT molecular complexity index is 1100. The lowest BCUT2D eigenvalue weighted by Gasteiger charge is -2.47. The Morgan fingerprint density at radius 1 is 1.12 bits per heavy atom. The summed E-state index contributed by atoms with van der Waals surface area (Å²) < 4.78 is 6.60. The first-order valence-electron chi connectivity index (χ1n) is 11.7. The zero-order valence-electron chi connectivity index (χ0n) is 18.5. The predicted octanol–water partition coefficient (Wildman–Crippen LogP) is 1.23. The summed E-state index contributed by atoms with van der Waals surface area (Å²) in [5, 5.41) is 11.2. The van der Waals surface area contributed by atoms with E-state index < -0.39 is 0 Å². The molecule has 4 aliphatic rings. The van der Waals surface area contributed by atoms with Gasteiger partial charge in [0.15, 0.2) is 5.82 Å². The van der Waals surface area contributed by atoms with Gasteiger partial charge in [0.25, 0.3) is 0 Å². The SMILES string of the molecule is O=C1C=C(N2CCC3(CCN(C(=O)C4CCc5cc(-n6cnnn6)ncc54)CC3)CC2)CO1. The van der Waals surface area contributed by atoms with E-state index in [1.54, 1.807) is 10.8 Å². The van der Waals surface area contributed by atoms with Crippen LogP contribution >= 0.6 is 0 Å². The summed E-state index contributed by atoms with van der Waals surface area (Å²) in [5.41, 5.74) is 3.54. The molecule has 2 fully saturated rings. The molecule has 5 heterocycles. The molecular weight excluding hydrogens is 422 g/mol. The zero-order valence-corrected chi connectivity index (χ0v) is 18.5. The third-order valence-electron chi connectivity index (χ3n) is 7.98. The Hall–Kier alpha value is -3.30. The number of likely N-dealkylation sites (tertiary alicyclic amines) is 2. The summed E-state index contributed by atoms with van der Waals surface area (Å²) in [6, 6.07) is 2.00. The first kappa shape index (κ1) is 20.3. The van der Waals surface area contributed by atoms with E-state index in [1.165, 1.54) is 11.9 Å². The van der Waals surface area contributed by atoms with Crippen LogP contribution in [0.5, 0.6) is 0 Å². The molecule has 6 rings (SSSR count). The quantitative estimate of drug-likeness (QED) is 0.644. The second-order valence-electron chi connectivity index (χ2n) is 9.64. The number of carbonyl (C=O) groups is 2. The average Bonchev–Trinajstić information content (AvgIpc) is 3.60. The van der Waals surface area contributed by atoms with Crippen molar-refractivity contribution < 1.29 is 14.3 Å². The molecule has 10 heteroatoms. The number of ether oxygens (including phenoxy) is 1. The summed E-state index contributed by atoms with van der Waals surface area (Å²) in [6.07, 6.45) is 11.0. The molecule has 1 atom stereocenters. The summed E-state index contributed by atoms with van der Waals surface area (Å²) in [5.74, 6) is 0.595. The highest BCUT2D eigenvalue weighted by Gasteiger charge is 2.41. The van der Waals surface area contributed by atoms with Gasteiger partial charge in [0.2, 0.25) is 5.91 Å². The van der Waals surface area contributed by atoms with Crippen LogP contribution in [0.4, 0.5) is 0 Å². The van der Waals surface area contributed by atoms with E-state index in [0.717, 1.165) is 76.0 Å². The van der Waals surface area contributed by atoms with Crippen LogP contribution in [0.3, 0.4) is 0 Å². The number of hydrogen-bond acceptors (Lipinski definition) is 8. The minimum Gasteiger partial charge on any atom is -0.456 e. The lowest BCUT2D eigenvalue weighted by atomic mass is 9.71. The van der Waals surface area contributed by atoms with Crippen molar-refractivity contribution in [1.29, 1.82) is 0 Å². The van der Waals surface area contributed by atoms with Crippen molar-refractivity contribution in [3.8, 4) is 5.82 Å². The van der Waals surface area contributed by atoms with Crippen molar-refractivity contribution in [3.05, 3.63) is 41.5 Å². The third kappa shape index (κ3) is 3.67. The van der Waals surface area contributed by atoms with Gasteiger partial charge < -0.3 is 14.5 Å². The van der Waals surface area contributed by atoms with Crippen LogP contribution in [0, 0.1) is 5.41 Å². The number of pyridine rings is 1. The van der Waals surface area contributed by atoms with Crippen molar-refractivity contribution in [1.82, 2.24) is 35.0 Å². The molecule has 10 nitrogen and oxygen atoms in total. The Morgan fingerprint density at radius 3 is 2.61 bits per heavy atom. The molecule has 1 aliphatic carbocycles. The van der Waals surface area contributed by atoms with E-state index in [0.29, 0.717) is 17.8 Å². The molecule has 0 saturated carbocycles. The molecule has 172 valence electrons. The molecule has 2 saturated heterocycles. The van der Waals surface area contributed by atoms with Gasteiger partial charge >= 0.3 is 5.97 Å². The maximum atomic E-state index is 13.4. The molecule has 33 heavy (non-hydrogen) atoms. The Morgan fingerprint density at radius 2 is 1.91 bits per heavy atom. The van der Waals surface area contributed by atoms with Crippen LogP contribution in [0.15, 0.2) is 30.4 Å². The van der Waals surface area contributed by atoms with E-state index in [-0.39, 0.29) is 17.8 Å². The third-order valence-corrected chi connectivity index (χ3v) is 7.98. The number of rotatable bonds is 3. The summed E-state index contributed by atoms with van der Waals surface area (Å²) in [4.78, 5) is 33.6. The van der Waals surface area contributed by atoms with Gasteiger partial charge in [-0.25, -0.2) is 9.78 Å². The minimum absolute atomic E-state index is 0.0989. The van der Waals surface area contributed by atoms with Gasteiger partial charge in [-0.3, -0.25) is 4.79 Å². The number of cyclic esters (lactones) is 1. The van der Waals surface area contributed by atoms with E-state index in [4.69, 9.17) is 4.74 Å². The number of fused-ring (bicyclic) bond motifs is 1. The maximum absolute atomic E-state index is 13.4. The highest BCUT2D eigenvalue weighted by Crippen LogP contribution is 2.43. The molecule has 0 bridgehead atoms. The fraction of sp³-hybridized carbons (Fsp3) is 0.565. The topological polar surface area (TPSA) is 106 Å². The summed E-state index contributed by atoms with van der Waals surface area (Å²) in [6.45, 7) is 3.97. The Kier molecular flexibility index (Phi) is 4.88. The average molecular weight is 450 g/mol. The predicted molar refractivity (Wildman–Crippen MR) is 116 cm³/mol. The van der Waals surface area contributed by atoms with E-state index in [9.17, 15) is 9.59 Å². The van der Waals surface area contributed by atoms with Gasteiger partial charge in [-0.05, 0) is 71.6 Å². The Balaban J connectivity index is 1.07. The number of esters is 1. The van der Waals surface area contributed by atoms with Crippen molar-refractivity contribution in [3.63, 3.8) is 0 Å². The van der Waals surface area contributed by atoms with Crippen molar-refractivity contribution in [2.24, 2.45) is 5.41 Å². The second-order valence-corrected chi connectivity index (χ2v) is 9.64. The molecule has 0 radical (unpaired) electrons. The van der Waals surface area contributed by atoms with Gasteiger partial charge in [-0.2, -0.15) is 4.68 Å². The standard InChI is InChI=1S/C23H27N7O3/c31-21-12-17(14-33-21)28-7-3-23(4-8-28)5-9-29(10-6-23)22(32)18-2-1-16-11-20(24-13-19(16)18)30-15-25-26-27-30/h11-13,15,18H,1-10,14H2. The van der Waals surface area contributed by atoms with Gasteiger partial charge in [-0.1, -0.05) is 0 Å². The minimum atomic E-state index is -0.229. The van der Waals surface area contributed by atoms with Crippen LogP contribution in [-0.4, -0.2) is 79.7 Å². The van der Waals surface area contributed by atoms with Crippen LogP contribution in [0.1, 0.15) is 49.1 Å². The monoisotopic (exact) mass is 449 g/mol. The number of amides is 1. The molecule has 0 aromatic carbocycles. The lowest BCUT2D eigenvalue weighted by molar-refractivity contribution is -0.136. The van der Waals surface area contributed by atoms with E-state index in [2.05, 4.69) is 30.3 Å². The second kappa shape index (κ2) is 7.93. The van der Waals surface area contributed by atoms with Crippen molar-refractivity contribution in [2.75, 3.05) is 32.8 Å². The van der Waals surface area contributed by atoms with Crippen LogP contribution in [0.2, 0.25) is 0 Å². The number of aryl methyl sites for hydroxylation is 1. The fourth-order valence-electron chi connectivity index (χ4n) is 5.87.